The molecule has 28 heavy (non-hydrogen) atoms. The fourth-order valence-electron chi connectivity index (χ4n) is 2.63. The molecule has 0 saturated heterocycles. The molecule has 0 atom stereocenters. The Kier molecular flexibility index (Phi) is 7.44. The van der Waals surface area contributed by atoms with Crippen molar-refractivity contribution in [2.75, 3.05) is 25.6 Å². The van der Waals surface area contributed by atoms with Crippen LogP contribution in [0.25, 0.3) is 0 Å². The van der Waals surface area contributed by atoms with Gasteiger partial charge < -0.3 is 20.1 Å². The summed E-state index contributed by atoms with van der Waals surface area (Å²) in [7, 11) is 1.62. The van der Waals surface area contributed by atoms with Crippen LogP contribution in [0.5, 0.6) is 11.5 Å². The predicted molar refractivity (Wildman–Crippen MR) is 110 cm³/mol. The van der Waals surface area contributed by atoms with Crippen molar-refractivity contribution in [2.45, 2.75) is 27.2 Å². The molecule has 0 aliphatic rings. The number of para-hydroxylation sites is 1. The van der Waals surface area contributed by atoms with Crippen LogP contribution in [0.3, 0.4) is 0 Å². The molecule has 0 radical (unpaired) electrons. The van der Waals surface area contributed by atoms with Crippen LogP contribution < -0.4 is 20.1 Å². The molecule has 0 fully saturated rings. The van der Waals surface area contributed by atoms with E-state index in [2.05, 4.69) is 10.6 Å². The second kappa shape index (κ2) is 9.78. The third-order valence-corrected chi connectivity index (χ3v) is 4.43. The average Bonchev–Trinajstić information content (AvgIpc) is 2.69. The van der Waals surface area contributed by atoms with Crippen molar-refractivity contribution in [3.63, 3.8) is 0 Å². The quantitative estimate of drug-likeness (QED) is 0.650. The Balaban J connectivity index is 1.90. The zero-order chi connectivity index (χ0) is 20.6. The molecule has 2 rings (SSSR count). The molecule has 6 nitrogen and oxygen atoms in total. The van der Waals surface area contributed by atoms with E-state index in [0.717, 1.165) is 17.1 Å². The average molecular weight is 384 g/mol. The molecule has 0 unspecified atom stereocenters. The van der Waals surface area contributed by atoms with Crippen molar-refractivity contribution in [3.8, 4) is 11.5 Å². The van der Waals surface area contributed by atoms with Gasteiger partial charge in [-0.05, 0) is 63.1 Å². The largest absolute Gasteiger partial charge is 0.496 e. The van der Waals surface area contributed by atoms with Crippen LogP contribution in [0.4, 0.5) is 5.69 Å². The van der Waals surface area contributed by atoms with Crippen molar-refractivity contribution in [1.29, 1.82) is 0 Å². The Hall–Kier alpha value is -3.02. The summed E-state index contributed by atoms with van der Waals surface area (Å²) in [5, 5.41) is 5.62. The Morgan fingerprint density at radius 2 is 1.68 bits per heavy atom. The summed E-state index contributed by atoms with van der Waals surface area (Å²) < 4.78 is 10.7. The van der Waals surface area contributed by atoms with Crippen LogP contribution in [0.2, 0.25) is 0 Å². The van der Waals surface area contributed by atoms with Gasteiger partial charge in [0.15, 0.2) is 0 Å². The lowest BCUT2D eigenvalue weighted by Gasteiger charge is -2.23. The van der Waals surface area contributed by atoms with Gasteiger partial charge in [-0.2, -0.15) is 0 Å². The highest BCUT2D eigenvalue weighted by Gasteiger charge is 2.35. The van der Waals surface area contributed by atoms with E-state index < -0.39 is 5.41 Å². The van der Waals surface area contributed by atoms with Crippen LogP contribution >= 0.6 is 0 Å². The lowest BCUT2D eigenvalue weighted by atomic mass is 9.90. The van der Waals surface area contributed by atoms with E-state index in [0.29, 0.717) is 25.3 Å². The maximum atomic E-state index is 12.6. The van der Waals surface area contributed by atoms with Gasteiger partial charge in [0, 0.05) is 12.2 Å². The normalized spacial score (nSPS) is 10.9. The molecular weight excluding hydrogens is 356 g/mol. The van der Waals surface area contributed by atoms with E-state index in [4.69, 9.17) is 9.47 Å². The van der Waals surface area contributed by atoms with Crippen molar-refractivity contribution in [2.24, 2.45) is 5.41 Å². The zero-order valence-corrected chi connectivity index (χ0v) is 16.9. The molecule has 0 aliphatic carbocycles. The molecule has 6 heteroatoms. The van der Waals surface area contributed by atoms with Gasteiger partial charge >= 0.3 is 0 Å². The van der Waals surface area contributed by atoms with Gasteiger partial charge in [-0.3, -0.25) is 9.59 Å². The number of carbonyl (C=O) groups is 2. The minimum atomic E-state index is -1.21. The monoisotopic (exact) mass is 384 g/mol. The second-order valence-corrected chi connectivity index (χ2v) is 6.85. The topological polar surface area (TPSA) is 76.7 Å². The van der Waals surface area contributed by atoms with Crippen LogP contribution in [-0.2, 0) is 16.0 Å². The maximum absolute atomic E-state index is 12.6. The van der Waals surface area contributed by atoms with E-state index in [1.54, 1.807) is 45.2 Å². The van der Waals surface area contributed by atoms with Crippen LogP contribution in [0, 0.1) is 5.41 Å². The maximum Gasteiger partial charge on any atom is 0.239 e. The number of amides is 2. The highest BCUT2D eigenvalue weighted by Crippen LogP contribution is 2.22. The van der Waals surface area contributed by atoms with Crippen LogP contribution in [0.1, 0.15) is 26.3 Å². The first-order chi connectivity index (χ1) is 13.4. The van der Waals surface area contributed by atoms with E-state index in [-0.39, 0.29) is 11.8 Å². The number of anilines is 1. The number of nitrogens with one attached hydrogen (secondary N) is 2. The highest BCUT2D eigenvalue weighted by molar-refractivity contribution is 6.09. The summed E-state index contributed by atoms with van der Waals surface area (Å²) in [5.74, 6) is 0.815. The number of carbonyl (C=O) groups excluding carboxylic acids is 2. The molecule has 2 aromatic carbocycles. The summed E-state index contributed by atoms with van der Waals surface area (Å²) >= 11 is 0. The minimum absolute atomic E-state index is 0.328. The van der Waals surface area contributed by atoms with Crippen LogP contribution in [-0.4, -0.2) is 32.1 Å². The smallest absolute Gasteiger partial charge is 0.239 e. The first kappa shape index (κ1) is 21.3. The van der Waals surface area contributed by atoms with Crippen molar-refractivity contribution >= 4 is 17.5 Å². The third-order valence-electron chi connectivity index (χ3n) is 4.43. The summed E-state index contributed by atoms with van der Waals surface area (Å²) in [6, 6.07) is 14.7. The van der Waals surface area contributed by atoms with Crippen LogP contribution in [0.15, 0.2) is 48.5 Å². The van der Waals surface area contributed by atoms with Gasteiger partial charge in [-0.15, -0.1) is 0 Å². The number of ether oxygens (including phenoxy) is 2. The van der Waals surface area contributed by atoms with E-state index in [1.165, 1.54) is 0 Å². The minimum Gasteiger partial charge on any atom is -0.496 e. The fraction of sp³-hybridized carbons (Fsp3) is 0.364. The Morgan fingerprint density at radius 1 is 1.00 bits per heavy atom. The molecule has 2 aromatic rings. The Bertz CT molecular complexity index is 800. The molecule has 0 aliphatic heterocycles. The Labute approximate surface area is 166 Å². The number of rotatable bonds is 9. The number of hydrogen-bond donors (Lipinski definition) is 2. The lowest BCUT2D eigenvalue weighted by Crippen LogP contribution is -2.45. The van der Waals surface area contributed by atoms with Crippen molar-refractivity contribution in [3.05, 3.63) is 54.1 Å². The molecule has 0 heterocycles. The first-order valence-corrected chi connectivity index (χ1v) is 9.33. The van der Waals surface area contributed by atoms with Gasteiger partial charge in [0.05, 0.1) is 13.7 Å². The van der Waals surface area contributed by atoms with Gasteiger partial charge in [-0.1, -0.05) is 18.2 Å². The molecule has 0 saturated carbocycles. The molecule has 0 spiro atoms. The molecular formula is C22H28N2O4. The fourth-order valence-corrected chi connectivity index (χ4v) is 2.63. The SMILES string of the molecule is CCOc1ccc(NC(=O)C(C)(C)C(=O)NCCc2ccccc2OC)cc1. The number of methoxy groups -OCH3 is 1. The standard InChI is InChI=1S/C22H28N2O4/c1-5-28-18-12-10-17(11-13-18)24-21(26)22(2,3)20(25)23-15-14-16-8-6-7-9-19(16)27-4/h6-13H,5,14-15H2,1-4H3,(H,23,25)(H,24,26). The molecule has 150 valence electrons. The van der Waals surface area contributed by atoms with Gasteiger partial charge in [0.25, 0.3) is 0 Å². The molecule has 0 bridgehead atoms. The summed E-state index contributed by atoms with van der Waals surface area (Å²) in [5.41, 5.74) is 0.407. The van der Waals surface area contributed by atoms with Crippen molar-refractivity contribution in [1.82, 2.24) is 5.32 Å². The second-order valence-electron chi connectivity index (χ2n) is 6.85. The lowest BCUT2D eigenvalue weighted by molar-refractivity contribution is -0.138. The van der Waals surface area contributed by atoms with Gasteiger partial charge in [-0.25, -0.2) is 0 Å². The van der Waals surface area contributed by atoms with Crippen molar-refractivity contribution < 1.29 is 19.1 Å². The Morgan fingerprint density at radius 3 is 2.32 bits per heavy atom. The highest BCUT2D eigenvalue weighted by atomic mass is 16.5. The molecule has 2 amide bonds. The van der Waals surface area contributed by atoms with Gasteiger partial charge in [0.1, 0.15) is 16.9 Å². The summed E-state index contributed by atoms with van der Waals surface area (Å²) in [6.45, 7) is 6.11. The first-order valence-electron chi connectivity index (χ1n) is 9.33. The molecule has 2 N–H and O–H groups in total. The third kappa shape index (κ3) is 5.49. The summed E-state index contributed by atoms with van der Waals surface area (Å²) in [4.78, 5) is 25.2. The predicted octanol–water partition coefficient (Wildman–Crippen LogP) is 3.42. The number of benzene rings is 2. The summed E-state index contributed by atoms with van der Waals surface area (Å²) in [6.07, 6.45) is 0.617. The van der Waals surface area contributed by atoms with E-state index in [1.807, 2.05) is 31.2 Å². The molecule has 0 aromatic heterocycles. The van der Waals surface area contributed by atoms with Gasteiger partial charge in [0.2, 0.25) is 11.8 Å². The number of hydrogen-bond acceptors (Lipinski definition) is 4. The zero-order valence-electron chi connectivity index (χ0n) is 16.9. The van der Waals surface area contributed by atoms with E-state index >= 15 is 0 Å². The van der Waals surface area contributed by atoms with E-state index in [9.17, 15) is 9.59 Å².